The van der Waals surface area contributed by atoms with E-state index >= 15 is 0 Å². The van der Waals surface area contributed by atoms with Crippen molar-refractivity contribution < 1.29 is 4.79 Å². The number of carbonyl (C=O) groups is 1. The smallest absolute Gasteiger partial charge is 0.321 e. The third-order valence-corrected chi connectivity index (χ3v) is 3.08. The molecule has 0 aromatic carbocycles. The number of amides is 2. The Morgan fingerprint density at radius 1 is 1.50 bits per heavy atom. The van der Waals surface area contributed by atoms with Crippen molar-refractivity contribution in [2.24, 2.45) is 0 Å². The van der Waals surface area contributed by atoms with Crippen LogP contribution < -0.4 is 5.32 Å². The second-order valence-corrected chi connectivity index (χ2v) is 4.66. The lowest BCUT2D eigenvalue weighted by atomic mass is 10.2. The summed E-state index contributed by atoms with van der Waals surface area (Å²) in [5, 5.41) is 4.78. The highest BCUT2D eigenvalue weighted by Gasteiger charge is 2.07. The highest BCUT2D eigenvalue weighted by atomic mass is 32.1. The quantitative estimate of drug-likeness (QED) is 0.803. The van der Waals surface area contributed by atoms with Crippen LogP contribution in [0.2, 0.25) is 0 Å². The molecule has 0 spiro atoms. The molecule has 1 aromatic rings. The molecular weight excluding hydrogens is 196 g/mol. The fraction of sp³-hybridized carbons (Fsp3) is 0.500. The van der Waals surface area contributed by atoms with Gasteiger partial charge >= 0.3 is 6.03 Å². The van der Waals surface area contributed by atoms with Gasteiger partial charge in [0.2, 0.25) is 0 Å². The third-order valence-electron chi connectivity index (χ3n) is 1.85. The molecule has 78 valence electrons. The van der Waals surface area contributed by atoms with E-state index < -0.39 is 0 Å². The molecule has 3 nitrogen and oxygen atoms in total. The minimum absolute atomic E-state index is 0.0851. The minimum Gasteiger partial charge on any atom is -0.331 e. The zero-order chi connectivity index (χ0) is 10.7. The zero-order valence-electron chi connectivity index (χ0n) is 9.00. The number of carbonyl (C=O) groups excluding carboxylic acids is 1. The van der Waals surface area contributed by atoms with Crippen LogP contribution in [0.1, 0.15) is 24.6 Å². The summed E-state index contributed by atoms with van der Waals surface area (Å²) in [4.78, 5) is 14.1. The Balaban J connectivity index is 2.64. The first-order valence-corrected chi connectivity index (χ1v) is 5.45. The molecule has 0 saturated carbocycles. The molecule has 0 fully saturated rings. The molecule has 1 rings (SSSR count). The number of nitrogens with one attached hydrogen (secondary N) is 1. The summed E-state index contributed by atoms with van der Waals surface area (Å²) in [6.45, 7) is 4.28. The second-order valence-electron chi connectivity index (χ2n) is 3.72. The summed E-state index contributed by atoms with van der Waals surface area (Å²) in [7, 11) is 3.45. The molecule has 2 amide bonds. The monoisotopic (exact) mass is 212 g/mol. The summed E-state index contributed by atoms with van der Waals surface area (Å²) in [5.41, 5.74) is 0.886. The van der Waals surface area contributed by atoms with E-state index in [4.69, 9.17) is 0 Å². The first-order chi connectivity index (χ1) is 6.50. The Labute approximate surface area is 88.7 Å². The predicted octanol–water partition coefficient (Wildman–Crippen LogP) is 2.97. The molecule has 0 aliphatic heterocycles. The number of thiophene rings is 1. The Kier molecular flexibility index (Phi) is 3.52. The predicted molar refractivity (Wildman–Crippen MR) is 61.1 cm³/mol. The first-order valence-electron chi connectivity index (χ1n) is 4.57. The van der Waals surface area contributed by atoms with Gasteiger partial charge in [0.1, 0.15) is 0 Å². The number of anilines is 1. The number of hydrogen-bond acceptors (Lipinski definition) is 2. The van der Waals surface area contributed by atoms with Gasteiger partial charge in [0.05, 0.1) is 5.69 Å². The molecule has 0 atom stereocenters. The van der Waals surface area contributed by atoms with Crippen LogP contribution in [-0.4, -0.2) is 25.0 Å². The first kappa shape index (κ1) is 11.0. The Morgan fingerprint density at radius 3 is 2.57 bits per heavy atom. The minimum atomic E-state index is -0.0851. The van der Waals surface area contributed by atoms with Gasteiger partial charge in [-0.3, -0.25) is 0 Å². The van der Waals surface area contributed by atoms with E-state index in [1.165, 1.54) is 9.78 Å². The molecule has 0 radical (unpaired) electrons. The lowest BCUT2D eigenvalue weighted by Gasteiger charge is -2.10. The molecule has 14 heavy (non-hydrogen) atoms. The second kappa shape index (κ2) is 4.46. The Hall–Kier alpha value is -1.03. The molecule has 0 unspecified atom stereocenters. The van der Waals surface area contributed by atoms with Gasteiger partial charge < -0.3 is 10.2 Å². The zero-order valence-corrected chi connectivity index (χ0v) is 9.81. The number of hydrogen-bond donors (Lipinski definition) is 1. The van der Waals surface area contributed by atoms with Crippen LogP contribution in [0, 0.1) is 0 Å². The van der Waals surface area contributed by atoms with E-state index in [0.717, 1.165) is 5.69 Å². The van der Waals surface area contributed by atoms with Gasteiger partial charge in [0, 0.05) is 24.4 Å². The molecule has 0 aliphatic rings. The average Bonchev–Trinajstić information content (AvgIpc) is 2.52. The summed E-state index contributed by atoms with van der Waals surface area (Å²) in [6, 6.07) is 1.94. The molecule has 4 heteroatoms. The van der Waals surface area contributed by atoms with Crippen molar-refractivity contribution in [3.63, 3.8) is 0 Å². The van der Waals surface area contributed by atoms with E-state index in [0.29, 0.717) is 5.92 Å². The number of urea groups is 1. The van der Waals surface area contributed by atoms with E-state index in [9.17, 15) is 4.79 Å². The van der Waals surface area contributed by atoms with Crippen molar-refractivity contribution in [1.82, 2.24) is 4.90 Å². The van der Waals surface area contributed by atoms with Crippen LogP contribution >= 0.6 is 11.3 Å². The molecule has 0 bridgehead atoms. The van der Waals surface area contributed by atoms with Crippen LogP contribution in [0.4, 0.5) is 10.5 Å². The lowest BCUT2D eigenvalue weighted by Crippen LogP contribution is -2.27. The maximum absolute atomic E-state index is 11.3. The molecule has 1 heterocycles. The van der Waals surface area contributed by atoms with Gasteiger partial charge in [-0.1, -0.05) is 13.8 Å². The summed E-state index contributed by atoms with van der Waals surface area (Å²) in [6.07, 6.45) is 0. The lowest BCUT2D eigenvalue weighted by molar-refractivity contribution is 0.230. The topological polar surface area (TPSA) is 32.3 Å². The van der Waals surface area contributed by atoms with E-state index in [-0.39, 0.29) is 6.03 Å². The van der Waals surface area contributed by atoms with Gasteiger partial charge in [-0.2, -0.15) is 0 Å². The van der Waals surface area contributed by atoms with Gasteiger partial charge in [-0.25, -0.2) is 4.79 Å². The standard InChI is InChI=1S/C10H16N2OS/c1-7(2)9-5-8(6-14-9)11-10(13)12(3)4/h5-7H,1-4H3,(H,11,13). The van der Waals surface area contributed by atoms with Crippen LogP contribution in [0.25, 0.3) is 0 Å². The molecular formula is C10H16N2OS. The third kappa shape index (κ3) is 2.73. The normalized spacial score (nSPS) is 10.4. The van der Waals surface area contributed by atoms with Crippen LogP contribution in [0.5, 0.6) is 0 Å². The molecule has 0 aliphatic carbocycles. The Bertz CT molecular complexity index is 318. The van der Waals surface area contributed by atoms with E-state index in [1.807, 2.05) is 11.4 Å². The molecule has 1 aromatic heterocycles. The van der Waals surface area contributed by atoms with Gasteiger partial charge in [-0.15, -0.1) is 11.3 Å². The SMILES string of the molecule is CC(C)c1cc(NC(=O)N(C)C)cs1. The van der Waals surface area contributed by atoms with Crippen molar-refractivity contribution in [2.45, 2.75) is 19.8 Å². The van der Waals surface area contributed by atoms with Gasteiger partial charge in [0.25, 0.3) is 0 Å². The summed E-state index contributed by atoms with van der Waals surface area (Å²) < 4.78 is 0. The maximum Gasteiger partial charge on any atom is 0.321 e. The fourth-order valence-electron chi connectivity index (χ4n) is 0.956. The van der Waals surface area contributed by atoms with Crippen LogP contribution in [0.3, 0.4) is 0 Å². The van der Waals surface area contributed by atoms with Crippen molar-refractivity contribution in [1.29, 1.82) is 0 Å². The van der Waals surface area contributed by atoms with Crippen molar-refractivity contribution in [3.8, 4) is 0 Å². The van der Waals surface area contributed by atoms with E-state index in [2.05, 4.69) is 19.2 Å². The van der Waals surface area contributed by atoms with Crippen LogP contribution in [0.15, 0.2) is 11.4 Å². The highest BCUT2D eigenvalue weighted by Crippen LogP contribution is 2.26. The summed E-state index contributed by atoms with van der Waals surface area (Å²) >= 11 is 1.68. The van der Waals surface area contributed by atoms with Crippen molar-refractivity contribution in [3.05, 3.63) is 16.3 Å². The largest absolute Gasteiger partial charge is 0.331 e. The average molecular weight is 212 g/mol. The Morgan fingerprint density at radius 2 is 2.14 bits per heavy atom. The fourth-order valence-corrected chi connectivity index (χ4v) is 1.81. The van der Waals surface area contributed by atoms with Gasteiger partial charge in [0.15, 0.2) is 0 Å². The van der Waals surface area contributed by atoms with Crippen molar-refractivity contribution >= 4 is 23.1 Å². The molecule has 0 saturated heterocycles. The number of rotatable bonds is 2. The molecule has 1 N–H and O–H groups in total. The van der Waals surface area contributed by atoms with E-state index in [1.54, 1.807) is 25.4 Å². The number of nitrogens with zero attached hydrogens (tertiary/aromatic N) is 1. The highest BCUT2D eigenvalue weighted by molar-refractivity contribution is 7.10. The maximum atomic E-state index is 11.3. The van der Waals surface area contributed by atoms with Gasteiger partial charge in [-0.05, 0) is 12.0 Å². The van der Waals surface area contributed by atoms with Crippen molar-refractivity contribution in [2.75, 3.05) is 19.4 Å². The van der Waals surface area contributed by atoms with Crippen LogP contribution in [-0.2, 0) is 0 Å². The summed E-state index contributed by atoms with van der Waals surface area (Å²) in [5.74, 6) is 0.519.